The van der Waals surface area contributed by atoms with E-state index in [1.54, 1.807) is 18.2 Å². The molecule has 0 saturated carbocycles. The fourth-order valence-corrected chi connectivity index (χ4v) is 3.89. The van der Waals surface area contributed by atoms with Gasteiger partial charge in [-0.3, -0.25) is 4.79 Å². The van der Waals surface area contributed by atoms with Crippen LogP contribution in [0.3, 0.4) is 0 Å². The predicted octanol–water partition coefficient (Wildman–Crippen LogP) is 2.69. The fraction of sp³-hybridized carbons (Fsp3) is 0.167. The Morgan fingerprint density at radius 3 is 2.16 bits per heavy atom. The SMILES string of the molecule is COc1cc2[nH]cc(S(=O)(=O)c3ccc(C)cc3)c(=O)c2cc1OC. The van der Waals surface area contributed by atoms with Gasteiger partial charge in [0.2, 0.25) is 15.3 Å². The maximum absolute atomic E-state index is 12.8. The second-order valence-electron chi connectivity index (χ2n) is 5.55. The molecule has 1 aromatic heterocycles. The van der Waals surface area contributed by atoms with Crippen LogP contribution >= 0.6 is 0 Å². The highest BCUT2D eigenvalue weighted by Crippen LogP contribution is 2.30. The van der Waals surface area contributed by atoms with Crippen molar-refractivity contribution in [1.29, 1.82) is 0 Å². The highest BCUT2D eigenvalue weighted by molar-refractivity contribution is 7.91. The Morgan fingerprint density at radius 2 is 1.56 bits per heavy atom. The molecular weight excluding hydrogens is 342 g/mol. The first-order chi connectivity index (χ1) is 11.9. The number of methoxy groups -OCH3 is 2. The molecule has 0 unspecified atom stereocenters. The number of aromatic nitrogens is 1. The van der Waals surface area contributed by atoms with E-state index in [1.807, 2.05) is 6.92 Å². The summed E-state index contributed by atoms with van der Waals surface area (Å²) in [5.74, 6) is 0.796. The standard InChI is InChI=1S/C18H17NO5S/c1-11-4-6-12(7-5-11)25(21,22)17-10-19-14-9-16(24-3)15(23-2)8-13(14)18(17)20/h4-10H,1-3H3,(H,19,20). The summed E-state index contributed by atoms with van der Waals surface area (Å²) in [6, 6.07) is 9.43. The van der Waals surface area contributed by atoms with Crippen LogP contribution in [-0.2, 0) is 9.84 Å². The molecule has 0 bridgehead atoms. The zero-order valence-electron chi connectivity index (χ0n) is 14.0. The molecule has 0 amide bonds. The van der Waals surface area contributed by atoms with E-state index in [0.717, 1.165) is 5.56 Å². The quantitative estimate of drug-likeness (QED) is 0.774. The molecule has 2 aromatic carbocycles. The van der Waals surface area contributed by atoms with Crippen molar-refractivity contribution in [2.45, 2.75) is 16.7 Å². The lowest BCUT2D eigenvalue weighted by Crippen LogP contribution is -2.16. The average Bonchev–Trinajstić information content (AvgIpc) is 2.61. The van der Waals surface area contributed by atoms with Crippen molar-refractivity contribution in [3.8, 4) is 11.5 Å². The summed E-state index contributed by atoms with van der Waals surface area (Å²) >= 11 is 0. The Hall–Kier alpha value is -2.80. The van der Waals surface area contributed by atoms with Crippen LogP contribution in [0.25, 0.3) is 10.9 Å². The van der Waals surface area contributed by atoms with Crippen LogP contribution < -0.4 is 14.9 Å². The van der Waals surface area contributed by atoms with Crippen LogP contribution in [0.4, 0.5) is 0 Å². The minimum absolute atomic E-state index is 0.0726. The largest absolute Gasteiger partial charge is 0.493 e. The van der Waals surface area contributed by atoms with Gasteiger partial charge in [-0.05, 0) is 25.1 Å². The minimum Gasteiger partial charge on any atom is -0.493 e. The van der Waals surface area contributed by atoms with E-state index in [2.05, 4.69) is 4.98 Å². The number of aromatic amines is 1. The molecular formula is C18H17NO5S. The first kappa shape index (κ1) is 17.0. The molecule has 0 aliphatic rings. The van der Waals surface area contributed by atoms with Gasteiger partial charge in [-0.25, -0.2) is 8.42 Å². The van der Waals surface area contributed by atoms with Crippen LogP contribution in [0.5, 0.6) is 11.5 Å². The fourth-order valence-electron chi connectivity index (χ4n) is 2.57. The molecule has 0 atom stereocenters. The van der Waals surface area contributed by atoms with Crippen molar-refractivity contribution in [3.05, 3.63) is 58.4 Å². The summed E-state index contributed by atoms with van der Waals surface area (Å²) in [7, 11) is -0.996. The van der Waals surface area contributed by atoms with Gasteiger partial charge in [0.25, 0.3) is 0 Å². The van der Waals surface area contributed by atoms with Gasteiger partial charge in [-0.2, -0.15) is 0 Å². The number of nitrogens with one attached hydrogen (secondary N) is 1. The summed E-state index contributed by atoms with van der Waals surface area (Å²) in [5.41, 5.74) is 0.809. The topological polar surface area (TPSA) is 85.5 Å². The Balaban J connectivity index is 2.25. The van der Waals surface area contributed by atoms with Crippen molar-refractivity contribution in [2.24, 2.45) is 0 Å². The van der Waals surface area contributed by atoms with E-state index in [-0.39, 0.29) is 15.2 Å². The second-order valence-corrected chi connectivity index (χ2v) is 7.47. The number of hydrogen-bond donors (Lipinski definition) is 1. The summed E-state index contributed by atoms with van der Waals surface area (Å²) in [4.78, 5) is 15.4. The molecule has 25 heavy (non-hydrogen) atoms. The highest BCUT2D eigenvalue weighted by atomic mass is 32.2. The lowest BCUT2D eigenvalue weighted by molar-refractivity contribution is 0.355. The van der Waals surface area contributed by atoms with E-state index in [1.165, 1.54) is 38.6 Å². The van der Waals surface area contributed by atoms with Gasteiger partial charge in [-0.1, -0.05) is 17.7 Å². The molecule has 7 heteroatoms. The lowest BCUT2D eigenvalue weighted by Gasteiger charge is -2.10. The van der Waals surface area contributed by atoms with Gasteiger partial charge in [0.1, 0.15) is 4.90 Å². The number of benzene rings is 2. The molecule has 0 spiro atoms. The van der Waals surface area contributed by atoms with Crippen LogP contribution in [0.1, 0.15) is 5.56 Å². The van der Waals surface area contributed by atoms with Crippen LogP contribution in [-0.4, -0.2) is 27.6 Å². The van der Waals surface area contributed by atoms with Gasteiger partial charge in [0, 0.05) is 12.3 Å². The van der Waals surface area contributed by atoms with E-state index >= 15 is 0 Å². The molecule has 0 aliphatic carbocycles. The molecule has 3 rings (SSSR count). The number of hydrogen-bond acceptors (Lipinski definition) is 5. The van der Waals surface area contributed by atoms with Crippen LogP contribution in [0.2, 0.25) is 0 Å². The second kappa shape index (κ2) is 6.25. The molecule has 3 aromatic rings. The molecule has 1 heterocycles. The van der Waals surface area contributed by atoms with E-state index < -0.39 is 15.3 Å². The number of rotatable bonds is 4. The first-order valence-corrected chi connectivity index (χ1v) is 8.96. The van der Waals surface area contributed by atoms with Gasteiger partial charge < -0.3 is 14.5 Å². The summed E-state index contributed by atoms with van der Waals surface area (Å²) in [6.07, 6.45) is 1.21. The molecule has 0 radical (unpaired) electrons. The first-order valence-electron chi connectivity index (χ1n) is 7.47. The number of H-pyrrole nitrogens is 1. The smallest absolute Gasteiger partial charge is 0.211 e. The van der Waals surface area contributed by atoms with Crippen molar-refractivity contribution in [2.75, 3.05) is 14.2 Å². The molecule has 130 valence electrons. The lowest BCUT2D eigenvalue weighted by atomic mass is 10.2. The molecule has 6 nitrogen and oxygen atoms in total. The van der Waals surface area contributed by atoms with Crippen molar-refractivity contribution in [1.82, 2.24) is 4.98 Å². The molecule has 0 fully saturated rings. The van der Waals surface area contributed by atoms with Gasteiger partial charge in [0.05, 0.1) is 30.0 Å². The third-order valence-electron chi connectivity index (χ3n) is 3.97. The summed E-state index contributed by atoms with van der Waals surface area (Å²) in [5, 5.41) is 0.214. The summed E-state index contributed by atoms with van der Waals surface area (Å²) in [6.45, 7) is 1.86. The zero-order chi connectivity index (χ0) is 18.2. The number of ether oxygens (including phenoxy) is 2. The number of aryl methyl sites for hydroxylation is 1. The predicted molar refractivity (Wildman–Crippen MR) is 94.3 cm³/mol. The van der Waals surface area contributed by atoms with E-state index in [9.17, 15) is 13.2 Å². The van der Waals surface area contributed by atoms with Gasteiger partial charge in [-0.15, -0.1) is 0 Å². The highest BCUT2D eigenvalue weighted by Gasteiger charge is 2.23. The van der Waals surface area contributed by atoms with Gasteiger partial charge >= 0.3 is 0 Å². The van der Waals surface area contributed by atoms with E-state index in [0.29, 0.717) is 17.0 Å². The van der Waals surface area contributed by atoms with Crippen LogP contribution in [0.15, 0.2) is 57.2 Å². The van der Waals surface area contributed by atoms with E-state index in [4.69, 9.17) is 9.47 Å². The molecule has 0 saturated heterocycles. The summed E-state index contributed by atoms with van der Waals surface area (Å²) < 4.78 is 36.0. The Labute approximate surface area is 144 Å². The minimum atomic E-state index is -3.93. The van der Waals surface area contributed by atoms with Crippen molar-refractivity contribution >= 4 is 20.7 Å². The number of pyridine rings is 1. The Morgan fingerprint density at radius 1 is 0.960 bits per heavy atom. The average molecular weight is 359 g/mol. The Kier molecular flexibility index (Phi) is 4.26. The zero-order valence-corrected chi connectivity index (χ0v) is 14.8. The Bertz CT molecular complexity index is 1100. The number of sulfone groups is 1. The molecule has 0 aliphatic heterocycles. The monoisotopic (exact) mass is 359 g/mol. The molecule has 1 N–H and O–H groups in total. The third kappa shape index (κ3) is 2.87. The normalized spacial score (nSPS) is 11.5. The number of fused-ring (bicyclic) bond motifs is 1. The third-order valence-corrected chi connectivity index (χ3v) is 5.75. The maximum atomic E-state index is 12.8. The van der Waals surface area contributed by atoms with Gasteiger partial charge in [0.15, 0.2) is 11.5 Å². The van der Waals surface area contributed by atoms with Crippen LogP contribution in [0, 0.1) is 6.92 Å². The van der Waals surface area contributed by atoms with Crippen molar-refractivity contribution in [3.63, 3.8) is 0 Å². The van der Waals surface area contributed by atoms with Crippen molar-refractivity contribution < 1.29 is 17.9 Å². The maximum Gasteiger partial charge on any atom is 0.211 e.